The molecule has 0 aliphatic carbocycles. The third kappa shape index (κ3) is 3.10. The highest BCUT2D eigenvalue weighted by molar-refractivity contribution is 5.77. The number of benzene rings is 1. The van der Waals surface area contributed by atoms with E-state index in [2.05, 4.69) is 9.97 Å². The number of fused-ring (bicyclic) bond motifs is 2. The molecule has 3 aromatic rings. The number of nitrogens with one attached hydrogen (secondary N) is 1. The molecule has 1 aromatic carbocycles. The minimum atomic E-state index is -4.53. The number of ether oxygens (including phenoxy) is 3. The van der Waals surface area contributed by atoms with Gasteiger partial charge in [-0.05, 0) is 19.1 Å². The van der Waals surface area contributed by atoms with Crippen molar-refractivity contribution in [3.05, 3.63) is 57.6 Å². The first kappa shape index (κ1) is 20.9. The van der Waals surface area contributed by atoms with Gasteiger partial charge in [-0.25, -0.2) is 4.98 Å². The molecular formula is C20H18F3N3O6. The second-order valence-corrected chi connectivity index (χ2v) is 7.87. The molecule has 1 unspecified atom stereocenters. The lowest BCUT2D eigenvalue weighted by molar-refractivity contribution is -0.158. The monoisotopic (exact) mass is 453 g/mol. The lowest BCUT2D eigenvalue weighted by atomic mass is 9.89. The highest BCUT2D eigenvalue weighted by Gasteiger charge is 2.62. The Kier molecular flexibility index (Phi) is 4.60. The molecule has 5 rings (SSSR count). The van der Waals surface area contributed by atoms with Crippen molar-refractivity contribution >= 4 is 17.0 Å². The SMILES string of the molecule is C[C@@]12OC(c3cccc(C(F)(F)F)c3)O[C@@H]1[C@@H](CO)O[C@H]2c1coc2c(=O)[nH]c(N)nc12. The zero-order chi connectivity index (χ0) is 22.8. The minimum absolute atomic E-state index is 0.0706. The summed E-state index contributed by atoms with van der Waals surface area (Å²) in [5.74, 6) is -0.131. The summed E-state index contributed by atoms with van der Waals surface area (Å²) in [6.07, 6.45) is -6.95. The van der Waals surface area contributed by atoms with Crippen LogP contribution in [0.1, 0.15) is 36.0 Å². The Morgan fingerprint density at radius 1 is 1.31 bits per heavy atom. The first-order valence-electron chi connectivity index (χ1n) is 9.65. The van der Waals surface area contributed by atoms with Crippen LogP contribution in [0.2, 0.25) is 0 Å². The summed E-state index contributed by atoms with van der Waals surface area (Å²) in [4.78, 5) is 18.6. The number of aromatic amines is 1. The van der Waals surface area contributed by atoms with E-state index in [1.54, 1.807) is 6.92 Å². The van der Waals surface area contributed by atoms with Crippen molar-refractivity contribution in [2.75, 3.05) is 12.3 Å². The van der Waals surface area contributed by atoms with Gasteiger partial charge in [0.05, 0.1) is 18.4 Å². The number of rotatable bonds is 3. The van der Waals surface area contributed by atoms with E-state index >= 15 is 0 Å². The molecule has 2 saturated heterocycles. The molecule has 0 saturated carbocycles. The summed E-state index contributed by atoms with van der Waals surface area (Å²) in [6, 6.07) is 4.63. The second-order valence-electron chi connectivity index (χ2n) is 7.87. The molecule has 5 atom stereocenters. The van der Waals surface area contributed by atoms with Gasteiger partial charge in [-0.2, -0.15) is 13.2 Å². The van der Waals surface area contributed by atoms with Crippen LogP contribution in [0.25, 0.3) is 11.1 Å². The van der Waals surface area contributed by atoms with Crippen LogP contribution in [0.15, 0.2) is 39.7 Å². The van der Waals surface area contributed by atoms with Gasteiger partial charge in [-0.3, -0.25) is 9.78 Å². The molecule has 4 heterocycles. The number of hydrogen-bond donors (Lipinski definition) is 3. The highest BCUT2D eigenvalue weighted by Crippen LogP contribution is 2.54. The molecule has 2 aliphatic heterocycles. The van der Waals surface area contributed by atoms with Crippen molar-refractivity contribution in [1.29, 1.82) is 0 Å². The second kappa shape index (κ2) is 7.04. The molecule has 170 valence electrons. The number of nitrogens with two attached hydrogens (primary N) is 1. The van der Waals surface area contributed by atoms with Crippen LogP contribution >= 0.6 is 0 Å². The number of alkyl halides is 3. The standard InChI is InChI=1S/C20H18F3N3O6/c1-19-14(10-7-29-13-12(10)25-18(24)26-16(13)28)30-11(6-27)15(19)31-17(32-19)8-3-2-4-9(5-8)20(21,22)23/h2-5,7,11,14-15,17,27H,6H2,1H3,(H3,24,25,26,28)/t11-,14+,15-,17?,19+/m1/s1. The number of nitrogens with zero attached hydrogens (tertiary/aromatic N) is 1. The number of aliphatic hydroxyl groups is 1. The Morgan fingerprint density at radius 3 is 2.81 bits per heavy atom. The number of hydrogen-bond acceptors (Lipinski definition) is 8. The highest BCUT2D eigenvalue weighted by atomic mass is 19.4. The topological polar surface area (TPSA) is 133 Å². The van der Waals surface area contributed by atoms with E-state index in [0.29, 0.717) is 5.56 Å². The van der Waals surface area contributed by atoms with Gasteiger partial charge in [0.2, 0.25) is 11.5 Å². The van der Waals surface area contributed by atoms with E-state index in [1.807, 2.05) is 0 Å². The summed E-state index contributed by atoms with van der Waals surface area (Å²) in [5, 5.41) is 9.83. The maximum Gasteiger partial charge on any atom is 0.416 e. The van der Waals surface area contributed by atoms with E-state index < -0.39 is 54.1 Å². The molecule has 2 fully saturated rings. The number of H-pyrrole nitrogens is 1. The molecule has 2 aromatic heterocycles. The van der Waals surface area contributed by atoms with E-state index in [9.17, 15) is 23.1 Å². The molecule has 0 radical (unpaired) electrons. The normalized spacial score (nSPS) is 30.2. The van der Waals surface area contributed by atoms with Gasteiger partial charge < -0.3 is 29.5 Å². The molecule has 12 heteroatoms. The zero-order valence-electron chi connectivity index (χ0n) is 16.6. The Hall–Kier alpha value is -2.93. The first-order valence-corrected chi connectivity index (χ1v) is 9.65. The van der Waals surface area contributed by atoms with Crippen molar-refractivity contribution < 1.29 is 36.9 Å². The zero-order valence-corrected chi connectivity index (χ0v) is 16.6. The Balaban J connectivity index is 1.55. The van der Waals surface area contributed by atoms with Gasteiger partial charge in [0.1, 0.15) is 29.4 Å². The predicted molar refractivity (Wildman–Crippen MR) is 102 cm³/mol. The average molecular weight is 453 g/mol. The molecule has 4 N–H and O–H groups in total. The molecule has 32 heavy (non-hydrogen) atoms. The van der Waals surface area contributed by atoms with Gasteiger partial charge in [0.15, 0.2) is 6.29 Å². The number of halogens is 3. The lowest BCUT2D eigenvalue weighted by Gasteiger charge is -2.27. The van der Waals surface area contributed by atoms with E-state index in [-0.39, 0.29) is 22.6 Å². The number of anilines is 1. The van der Waals surface area contributed by atoms with E-state index in [4.69, 9.17) is 24.4 Å². The quantitative estimate of drug-likeness (QED) is 0.551. The van der Waals surface area contributed by atoms with Crippen molar-refractivity contribution in [2.45, 2.75) is 43.3 Å². The van der Waals surface area contributed by atoms with Gasteiger partial charge in [0.25, 0.3) is 5.56 Å². The van der Waals surface area contributed by atoms with Gasteiger partial charge >= 0.3 is 6.18 Å². The maximum atomic E-state index is 13.1. The Bertz CT molecular complexity index is 1240. The number of aliphatic hydroxyl groups excluding tert-OH is 1. The predicted octanol–water partition coefficient (Wildman–Crippen LogP) is 2.42. The van der Waals surface area contributed by atoms with Crippen LogP contribution < -0.4 is 11.3 Å². The molecule has 2 aliphatic rings. The summed E-state index contributed by atoms with van der Waals surface area (Å²) in [7, 11) is 0. The number of nitrogen functional groups attached to an aromatic ring is 1. The average Bonchev–Trinajstić information content (AvgIpc) is 3.37. The largest absolute Gasteiger partial charge is 0.456 e. The summed E-state index contributed by atoms with van der Waals surface area (Å²) in [5.41, 5.74) is 3.60. The smallest absolute Gasteiger partial charge is 0.416 e. The third-order valence-electron chi connectivity index (χ3n) is 5.79. The van der Waals surface area contributed by atoms with Crippen LogP contribution in [-0.4, -0.2) is 39.5 Å². The fourth-order valence-electron chi connectivity index (χ4n) is 4.32. The number of aromatic nitrogens is 2. The van der Waals surface area contributed by atoms with Crippen LogP contribution in [0.3, 0.4) is 0 Å². The molecule has 0 bridgehead atoms. The van der Waals surface area contributed by atoms with Crippen LogP contribution in [-0.2, 0) is 20.4 Å². The fraction of sp³-hybridized carbons (Fsp3) is 0.400. The number of furan rings is 1. The van der Waals surface area contributed by atoms with Crippen LogP contribution in [0.4, 0.5) is 19.1 Å². The van der Waals surface area contributed by atoms with Crippen LogP contribution in [0.5, 0.6) is 0 Å². The van der Waals surface area contributed by atoms with Crippen molar-refractivity contribution in [2.24, 2.45) is 0 Å². The first-order chi connectivity index (χ1) is 15.1. The summed E-state index contributed by atoms with van der Waals surface area (Å²) < 4.78 is 62.7. The summed E-state index contributed by atoms with van der Waals surface area (Å²) >= 11 is 0. The van der Waals surface area contributed by atoms with Crippen molar-refractivity contribution in [3.8, 4) is 0 Å². The summed E-state index contributed by atoms with van der Waals surface area (Å²) in [6.45, 7) is 1.22. The maximum absolute atomic E-state index is 13.1. The van der Waals surface area contributed by atoms with Gasteiger partial charge in [0, 0.05) is 11.1 Å². The van der Waals surface area contributed by atoms with Gasteiger partial charge in [-0.1, -0.05) is 12.1 Å². The third-order valence-corrected chi connectivity index (χ3v) is 5.79. The van der Waals surface area contributed by atoms with Crippen molar-refractivity contribution in [1.82, 2.24) is 9.97 Å². The van der Waals surface area contributed by atoms with Crippen molar-refractivity contribution in [3.63, 3.8) is 0 Å². The van der Waals surface area contributed by atoms with E-state index in [0.717, 1.165) is 12.1 Å². The van der Waals surface area contributed by atoms with Crippen LogP contribution in [0, 0.1) is 0 Å². The molecule has 9 nitrogen and oxygen atoms in total. The Morgan fingerprint density at radius 2 is 2.09 bits per heavy atom. The minimum Gasteiger partial charge on any atom is -0.456 e. The van der Waals surface area contributed by atoms with E-state index in [1.165, 1.54) is 18.4 Å². The molecular weight excluding hydrogens is 435 g/mol. The van der Waals surface area contributed by atoms with Gasteiger partial charge in [-0.15, -0.1) is 0 Å². The lowest BCUT2D eigenvalue weighted by Crippen LogP contribution is -2.40. The molecule has 0 spiro atoms. The fourth-order valence-corrected chi connectivity index (χ4v) is 4.32. The molecule has 0 amide bonds. The Labute approximate surface area is 177 Å².